The maximum Gasteiger partial charge on any atom is 0.410 e. The van der Waals surface area contributed by atoms with Gasteiger partial charge in [-0.25, -0.2) is 4.79 Å². The molecular weight excluding hydrogens is 250 g/mol. The molecule has 0 unspecified atom stereocenters. The van der Waals surface area contributed by atoms with E-state index in [1.807, 2.05) is 0 Å². The van der Waals surface area contributed by atoms with Gasteiger partial charge in [0.1, 0.15) is 0 Å². The van der Waals surface area contributed by atoms with E-state index in [1.165, 1.54) is 13.4 Å². The summed E-state index contributed by atoms with van der Waals surface area (Å²) in [7, 11) is 1.54. The average molecular weight is 269 g/mol. The highest BCUT2D eigenvalue weighted by Crippen LogP contribution is 2.34. The summed E-state index contributed by atoms with van der Waals surface area (Å²) in [5, 5.41) is 0. The highest BCUT2D eigenvalue weighted by atomic mass is 16.7. The molecule has 0 aromatic carbocycles. The number of likely N-dealkylation sites (tertiary alicyclic amines) is 1. The third-order valence-electron chi connectivity index (χ3n) is 3.57. The Labute approximate surface area is 112 Å². The van der Waals surface area contributed by atoms with E-state index in [-0.39, 0.29) is 11.8 Å². The lowest BCUT2D eigenvalue weighted by Crippen LogP contribution is -2.53. The molecule has 0 radical (unpaired) electrons. The van der Waals surface area contributed by atoms with Gasteiger partial charge >= 0.3 is 6.09 Å². The van der Waals surface area contributed by atoms with Gasteiger partial charge in [0.15, 0.2) is 5.78 Å². The monoisotopic (exact) mass is 269 g/mol. The molecule has 0 spiro atoms. The lowest BCUT2D eigenvalue weighted by molar-refractivity contribution is -0.196. The Morgan fingerprint density at radius 3 is 3.00 bits per heavy atom. The van der Waals surface area contributed by atoms with Crippen molar-refractivity contribution in [2.24, 2.45) is 0 Å². The third-order valence-corrected chi connectivity index (χ3v) is 3.57. The number of nitrogens with zero attached hydrogens (tertiary/aromatic N) is 1. The Morgan fingerprint density at radius 2 is 2.37 bits per heavy atom. The topological polar surface area (TPSA) is 65.1 Å². The number of ether oxygens (including phenoxy) is 3. The molecule has 1 amide bonds. The van der Waals surface area contributed by atoms with Crippen molar-refractivity contribution >= 4 is 11.9 Å². The van der Waals surface area contributed by atoms with Crippen molar-refractivity contribution in [3.63, 3.8) is 0 Å². The van der Waals surface area contributed by atoms with Crippen molar-refractivity contribution in [3.8, 4) is 0 Å². The van der Waals surface area contributed by atoms with Crippen LogP contribution < -0.4 is 0 Å². The number of carbonyl (C=O) groups is 2. The van der Waals surface area contributed by atoms with Crippen LogP contribution in [0.4, 0.5) is 4.79 Å². The van der Waals surface area contributed by atoms with E-state index in [9.17, 15) is 9.59 Å². The van der Waals surface area contributed by atoms with Crippen LogP contribution in [-0.2, 0) is 19.0 Å². The molecule has 1 fully saturated rings. The predicted octanol–water partition coefficient (Wildman–Crippen LogP) is 1.45. The second-order valence-electron chi connectivity index (χ2n) is 4.81. The molecule has 2 atom stereocenters. The smallest absolute Gasteiger partial charge is 0.410 e. The molecular formula is C13H19NO5. The summed E-state index contributed by atoms with van der Waals surface area (Å²) in [5.41, 5.74) is 0.522. The lowest BCUT2D eigenvalue weighted by atomic mass is 9.89. The number of hydrogen-bond donors (Lipinski definition) is 0. The van der Waals surface area contributed by atoms with E-state index in [2.05, 4.69) is 0 Å². The highest BCUT2D eigenvalue weighted by molar-refractivity contribution is 5.98. The number of ketones is 1. The molecule has 2 aliphatic rings. The molecule has 6 heteroatoms. The number of carbonyl (C=O) groups excluding carboxylic acids is 2. The maximum atomic E-state index is 11.9. The Bertz CT molecular complexity index is 419. The summed E-state index contributed by atoms with van der Waals surface area (Å²) in [6.07, 6.45) is 1.74. The van der Waals surface area contributed by atoms with Gasteiger partial charge < -0.3 is 19.1 Å². The molecule has 2 aliphatic heterocycles. The van der Waals surface area contributed by atoms with Crippen LogP contribution in [0.3, 0.4) is 0 Å². The van der Waals surface area contributed by atoms with Gasteiger partial charge in [0.25, 0.3) is 0 Å². The normalized spacial score (nSPS) is 30.3. The molecule has 0 N–H and O–H groups in total. The molecule has 1 saturated heterocycles. The number of rotatable bonds is 2. The van der Waals surface area contributed by atoms with Crippen LogP contribution in [-0.4, -0.2) is 48.9 Å². The molecule has 2 heterocycles. The lowest BCUT2D eigenvalue weighted by Gasteiger charge is -2.43. The second kappa shape index (κ2) is 5.21. The summed E-state index contributed by atoms with van der Waals surface area (Å²) < 4.78 is 15.8. The van der Waals surface area contributed by atoms with Crippen molar-refractivity contribution in [1.29, 1.82) is 0 Å². The fourth-order valence-corrected chi connectivity index (χ4v) is 2.38. The van der Waals surface area contributed by atoms with Crippen molar-refractivity contribution in [2.75, 3.05) is 20.3 Å². The highest BCUT2D eigenvalue weighted by Gasteiger charge is 2.44. The number of fused-ring (bicyclic) bond motifs is 1. The standard InChI is InChI=1S/C13H19NO5/c1-4-18-12(16)14-6-5-11(15)9-8-19-13(2,17-3)7-10(9)14/h8,10H,4-7H2,1-3H3/t10-,13-/m1/s1. The molecule has 2 rings (SSSR count). The first-order valence-electron chi connectivity index (χ1n) is 6.40. The molecule has 0 aromatic heterocycles. The third kappa shape index (κ3) is 2.58. The maximum absolute atomic E-state index is 11.9. The largest absolute Gasteiger partial charge is 0.470 e. The van der Waals surface area contributed by atoms with Gasteiger partial charge in [0, 0.05) is 33.4 Å². The minimum absolute atomic E-state index is 0.0173. The van der Waals surface area contributed by atoms with E-state index < -0.39 is 11.9 Å². The van der Waals surface area contributed by atoms with E-state index in [0.717, 1.165) is 0 Å². The molecule has 19 heavy (non-hydrogen) atoms. The Hall–Kier alpha value is -1.56. The zero-order valence-corrected chi connectivity index (χ0v) is 11.5. The van der Waals surface area contributed by atoms with Gasteiger partial charge in [0.2, 0.25) is 5.79 Å². The molecule has 6 nitrogen and oxygen atoms in total. The summed E-state index contributed by atoms with van der Waals surface area (Å²) in [6, 6.07) is -0.334. The summed E-state index contributed by atoms with van der Waals surface area (Å²) in [6.45, 7) is 4.22. The van der Waals surface area contributed by atoms with Gasteiger partial charge in [-0.05, 0) is 6.92 Å². The van der Waals surface area contributed by atoms with E-state index in [4.69, 9.17) is 14.2 Å². The molecule has 0 bridgehead atoms. The fraction of sp³-hybridized carbons (Fsp3) is 0.692. The van der Waals surface area contributed by atoms with Gasteiger partial charge in [-0.1, -0.05) is 0 Å². The number of piperidine rings is 1. The second-order valence-corrected chi connectivity index (χ2v) is 4.81. The van der Waals surface area contributed by atoms with Gasteiger partial charge in [-0.2, -0.15) is 0 Å². The van der Waals surface area contributed by atoms with Crippen molar-refractivity contribution in [1.82, 2.24) is 4.90 Å². The van der Waals surface area contributed by atoms with Gasteiger partial charge in [-0.3, -0.25) is 4.79 Å². The quantitative estimate of drug-likeness (QED) is 0.759. The van der Waals surface area contributed by atoms with Crippen LogP contribution in [0.1, 0.15) is 26.7 Å². The predicted molar refractivity (Wildman–Crippen MR) is 66.3 cm³/mol. The van der Waals surface area contributed by atoms with E-state index in [0.29, 0.717) is 31.6 Å². The first kappa shape index (κ1) is 13.9. The van der Waals surface area contributed by atoms with Crippen LogP contribution >= 0.6 is 0 Å². The number of methoxy groups -OCH3 is 1. The van der Waals surface area contributed by atoms with Crippen molar-refractivity contribution < 1.29 is 23.8 Å². The summed E-state index contributed by atoms with van der Waals surface area (Å²) in [5.74, 6) is -0.806. The van der Waals surface area contributed by atoms with Crippen LogP contribution in [0, 0.1) is 0 Å². The van der Waals surface area contributed by atoms with Gasteiger partial charge in [-0.15, -0.1) is 0 Å². The zero-order chi connectivity index (χ0) is 14.0. The Morgan fingerprint density at radius 1 is 1.63 bits per heavy atom. The van der Waals surface area contributed by atoms with Crippen LogP contribution in [0.5, 0.6) is 0 Å². The van der Waals surface area contributed by atoms with Crippen LogP contribution in [0.25, 0.3) is 0 Å². The fourth-order valence-electron chi connectivity index (χ4n) is 2.38. The SMILES string of the molecule is CCOC(=O)N1CCC(=O)C2=CO[C@@](C)(OC)C[C@H]21. The Balaban J connectivity index is 2.25. The first-order chi connectivity index (χ1) is 9.00. The Kier molecular flexibility index (Phi) is 3.80. The summed E-state index contributed by atoms with van der Waals surface area (Å²) in [4.78, 5) is 25.4. The molecule has 0 saturated carbocycles. The van der Waals surface area contributed by atoms with Crippen LogP contribution in [0.2, 0.25) is 0 Å². The minimum atomic E-state index is -0.823. The van der Waals surface area contributed by atoms with E-state index >= 15 is 0 Å². The van der Waals surface area contributed by atoms with Crippen LogP contribution in [0.15, 0.2) is 11.8 Å². The number of amides is 1. The van der Waals surface area contributed by atoms with Crippen molar-refractivity contribution in [2.45, 2.75) is 38.5 Å². The minimum Gasteiger partial charge on any atom is -0.470 e. The summed E-state index contributed by atoms with van der Waals surface area (Å²) >= 11 is 0. The molecule has 0 aliphatic carbocycles. The van der Waals surface area contributed by atoms with Gasteiger partial charge in [0.05, 0.1) is 24.5 Å². The average Bonchev–Trinajstić information content (AvgIpc) is 2.39. The first-order valence-corrected chi connectivity index (χ1v) is 6.40. The number of Topliss-reactive ketones (excluding diaryl/α,β-unsaturated/α-hetero) is 1. The number of hydrogen-bond acceptors (Lipinski definition) is 5. The van der Waals surface area contributed by atoms with Crippen molar-refractivity contribution in [3.05, 3.63) is 11.8 Å². The molecule has 106 valence electrons. The zero-order valence-electron chi connectivity index (χ0n) is 11.5. The molecule has 0 aromatic rings. The van der Waals surface area contributed by atoms with E-state index in [1.54, 1.807) is 18.7 Å².